The highest BCUT2D eigenvalue weighted by molar-refractivity contribution is 6.35. The molecule has 0 radical (unpaired) electrons. The largest absolute Gasteiger partial charge is 0.466 e. The second-order valence-electron chi connectivity index (χ2n) is 5.84. The first-order valence-corrected chi connectivity index (χ1v) is 9.53. The molecule has 0 aromatic heterocycles. The third-order valence-corrected chi connectivity index (χ3v) is 4.28. The summed E-state index contributed by atoms with van der Waals surface area (Å²) in [5.41, 5.74) is 0.862. The quantitative estimate of drug-likeness (QED) is 0.356. The van der Waals surface area contributed by atoms with Gasteiger partial charge in [-0.3, -0.25) is 9.59 Å². The summed E-state index contributed by atoms with van der Waals surface area (Å²) in [6.07, 6.45) is 6.09. The molecule has 0 N–H and O–H groups in total. The third-order valence-electron chi connectivity index (χ3n) is 3.69. The summed E-state index contributed by atoms with van der Waals surface area (Å²) >= 11 is 11.9. The van der Waals surface area contributed by atoms with E-state index in [2.05, 4.69) is 6.92 Å². The number of rotatable bonds is 12. The Morgan fingerprint density at radius 2 is 1.56 bits per heavy atom. The molecule has 0 aliphatic heterocycles. The first-order chi connectivity index (χ1) is 12.0. The van der Waals surface area contributed by atoms with Crippen molar-refractivity contribution in [1.29, 1.82) is 0 Å². The molecule has 0 bridgehead atoms. The Kier molecular flexibility index (Phi) is 11.3. The van der Waals surface area contributed by atoms with Crippen LogP contribution in [-0.4, -0.2) is 25.2 Å². The second kappa shape index (κ2) is 13.0. The molecule has 0 spiro atoms. The zero-order valence-electron chi connectivity index (χ0n) is 14.7. The van der Waals surface area contributed by atoms with Gasteiger partial charge in [0.05, 0.1) is 26.1 Å². The van der Waals surface area contributed by atoms with E-state index in [1.54, 1.807) is 18.2 Å². The summed E-state index contributed by atoms with van der Waals surface area (Å²) < 4.78 is 10.2. The molecule has 0 amide bonds. The first-order valence-electron chi connectivity index (χ1n) is 8.78. The van der Waals surface area contributed by atoms with Crippen LogP contribution in [0.2, 0.25) is 10.0 Å². The van der Waals surface area contributed by atoms with Crippen LogP contribution in [0.4, 0.5) is 0 Å². The highest BCUT2D eigenvalue weighted by atomic mass is 35.5. The summed E-state index contributed by atoms with van der Waals surface area (Å²) in [6.45, 7) is 2.79. The van der Waals surface area contributed by atoms with Crippen LogP contribution in [0.3, 0.4) is 0 Å². The number of unbranched alkanes of at least 4 members (excludes halogenated alkanes) is 4. The summed E-state index contributed by atoms with van der Waals surface area (Å²) in [6, 6.07) is 5.19. The van der Waals surface area contributed by atoms with Gasteiger partial charge in [-0.05, 0) is 24.1 Å². The second-order valence-corrected chi connectivity index (χ2v) is 6.68. The highest BCUT2D eigenvalue weighted by Crippen LogP contribution is 2.21. The zero-order chi connectivity index (χ0) is 18.5. The number of hydrogen-bond acceptors (Lipinski definition) is 4. The minimum Gasteiger partial charge on any atom is -0.466 e. The van der Waals surface area contributed by atoms with Crippen LogP contribution in [-0.2, 0) is 25.5 Å². The lowest BCUT2D eigenvalue weighted by Gasteiger charge is -2.07. The fourth-order valence-electron chi connectivity index (χ4n) is 2.24. The molecule has 0 fully saturated rings. The average molecular weight is 389 g/mol. The number of carbonyl (C=O) groups is 2. The molecular formula is C19H26Cl2O4. The van der Waals surface area contributed by atoms with Crippen molar-refractivity contribution in [2.24, 2.45) is 0 Å². The normalized spacial score (nSPS) is 10.5. The van der Waals surface area contributed by atoms with Gasteiger partial charge < -0.3 is 9.47 Å². The maximum Gasteiger partial charge on any atom is 0.306 e. The van der Waals surface area contributed by atoms with E-state index in [-0.39, 0.29) is 25.4 Å². The lowest BCUT2D eigenvalue weighted by molar-refractivity contribution is -0.150. The van der Waals surface area contributed by atoms with Crippen molar-refractivity contribution < 1.29 is 19.1 Å². The molecule has 0 aliphatic rings. The molecule has 25 heavy (non-hydrogen) atoms. The van der Waals surface area contributed by atoms with E-state index in [0.717, 1.165) is 24.8 Å². The van der Waals surface area contributed by atoms with E-state index >= 15 is 0 Å². The summed E-state index contributed by atoms with van der Waals surface area (Å²) in [5.74, 6) is -0.766. The maximum absolute atomic E-state index is 11.6. The Balaban J connectivity index is 2.09. The number of ether oxygens (including phenoxy) is 2. The fourth-order valence-corrected chi connectivity index (χ4v) is 2.74. The molecule has 4 nitrogen and oxygen atoms in total. The van der Waals surface area contributed by atoms with E-state index in [1.807, 2.05) is 0 Å². The van der Waals surface area contributed by atoms with Crippen molar-refractivity contribution >= 4 is 35.1 Å². The fraction of sp³-hybridized carbons (Fsp3) is 0.579. The van der Waals surface area contributed by atoms with Gasteiger partial charge in [-0.1, -0.05) is 61.9 Å². The molecule has 6 heteroatoms. The van der Waals surface area contributed by atoms with Crippen LogP contribution in [0.5, 0.6) is 0 Å². The van der Waals surface area contributed by atoms with Crippen LogP contribution >= 0.6 is 23.2 Å². The van der Waals surface area contributed by atoms with Gasteiger partial charge in [-0.2, -0.15) is 0 Å². The molecule has 0 unspecified atom stereocenters. The molecule has 0 atom stereocenters. The van der Waals surface area contributed by atoms with Gasteiger partial charge in [-0.15, -0.1) is 0 Å². The van der Waals surface area contributed by atoms with E-state index in [4.69, 9.17) is 32.7 Å². The van der Waals surface area contributed by atoms with Gasteiger partial charge in [0.1, 0.15) is 0 Å². The zero-order valence-corrected chi connectivity index (χ0v) is 16.2. The van der Waals surface area contributed by atoms with E-state index in [0.29, 0.717) is 23.1 Å². The molecule has 1 aromatic rings. The Morgan fingerprint density at radius 1 is 0.920 bits per heavy atom. The number of benzene rings is 1. The van der Waals surface area contributed by atoms with Crippen molar-refractivity contribution in [2.75, 3.05) is 13.2 Å². The summed E-state index contributed by atoms with van der Waals surface area (Å²) in [5, 5.41) is 1.11. The topological polar surface area (TPSA) is 52.6 Å². The number of esters is 2. The van der Waals surface area contributed by atoms with E-state index < -0.39 is 5.97 Å². The Bertz CT molecular complexity index is 546. The van der Waals surface area contributed by atoms with Crippen molar-refractivity contribution in [3.8, 4) is 0 Å². The molecular weight excluding hydrogens is 363 g/mol. The first kappa shape index (κ1) is 21.8. The Morgan fingerprint density at radius 3 is 2.20 bits per heavy atom. The van der Waals surface area contributed by atoms with Crippen LogP contribution in [0.1, 0.15) is 57.4 Å². The van der Waals surface area contributed by atoms with Crippen LogP contribution < -0.4 is 0 Å². The lowest BCUT2D eigenvalue weighted by atomic mass is 10.1. The smallest absolute Gasteiger partial charge is 0.306 e. The predicted molar refractivity (Wildman–Crippen MR) is 100 cm³/mol. The minimum absolute atomic E-state index is 0.0308. The molecule has 140 valence electrons. The molecule has 0 saturated heterocycles. The van der Waals surface area contributed by atoms with Crippen LogP contribution in [0.25, 0.3) is 0 Å². The van der Waals surface area contributed by atoms with E-state index in [9.17, 15) is 9.59 Å². The van der Waals surface area contributed by atoms with E-state index in [1.165, 1.54) is 12.8 Å². The standard InChI is InChI=1S/C19H26Cl2O4/c1-2-3-4-5-6-12-24-18(22)9-10-19(23)25-13-11-15-7-8-16(20)14-17(15)21/h7-8,14H,2-6,9-13H2,1H3. The maximum atomic E-state index is 11.6. The van der Waals surface area contributed by atoms with Crippen molar-refractivity contribution in [2.45, 2.75) is 58.3 Å². The number of carbonyl (C=O) groups excluding carboxylic acids is 2. The molecule has 1 aromatic carbocycles. The molecule has 1 rings (SSSR count). The van der Waals surface area contributed by atoms with Crippen LogP contribution in [0.15, 0.2) is 18.2 Å². The monoisotopic (exact) mass is 388 g/mol. The van der Waals surface area contributed by atoms with Gasteiger partial charge in [0.25, 0.3) is 0 Å². The highest BCUT2D eigenvalue weighted by Gasteiger charge is 2.10. The van der Waals surface area contributed by atoms with Gasteiger partial charge in [0.2, 0.25) is 0 Å². The predicted octanol–water partition coefficient (Wildman–Crippen LogP) is 5.37. The van der Waals surface area contributed by atoms with Gasteiger partial charge >= 0.3 is 11.9 Å². The van der Waals surface area contributed by atoms with Gasteiger partial charge in [0, 0.05) is 16.5 Å². The van der Waals surface area contributed by atoms with Crippen molar-refractivity contribution in [3.05, 3.63) is 33.8 Å². The Hall–Kier alpha value is -1.26. The molecule has 0 aliphatic carbocycles. The van der Waals surface area contributed by atoms with Crippen molar-refractivity contribution in [3.63, 3.8) is 0 Å². The molecule has 0 heterocycles. The van der Waals surface area contributed by atoms with Crippen LogP contribution in [0, 0.1) is 0 Å². The number of halogens is 2. The lowest BCUT2D eigenvalue weighted by Crippen LogP contribution is -2.12. The van der Waals surface area contributed by atoms with Gasteiger partial charge in [-0.25, -0.2) is 0 Å². The third kappa shape index (κ3) is 10.4. The summed E-state index contributed by atoms with van der Waals surface area (Å²) in [7, 11) is 0. The van der Waals surface area contributed by atoms with Crippen molar-refractivity contribution in [1.82, 2.24) is 0 Å². The Labute approximate surface area is 159 Å². The summed E-state index contributed by atoms with van der Waals surface area (Å²) in [4.78, 5) is 23.2. The number of hydrogen-bond donors (Lipinski definition) is 0. The SMILES string of the molecule is CCCCCCCOC(=O)CCC(=O)OCCc1ccc(Cl)cc1Cl. The minimum atomic E-state index is -0.412. The average Bonchev–Trinajstić information content (AvgIpc) is 2.58. The molecule has 0 saturated carbocycles. The van der Waals surface area contributed by atoms with Gasteiger partial charge in [0.15, 0.2) is 0 Å².